The van der Waals surface area contributed by atoms with E-state index in [2.05, 4.69) is 4.98 Å². The fourth-order valence-corrected chi connectivity index (χ4v) is 4.16. The number of thiophene rings is 1. The van der Waals surface area contributed by atoms with Crippen molar-refractivity contribution in [2.24, 2.45) is 0 Å². The van der Waals surface area contributed by atoms with Gasteiger partial charge in [-0.05, 0) is 42.1 Å². The third-order valence-electron chi connectivity index (χ3n) is 3.91. The van der Waals surface area contributed by atoms with Crippen LogP contribution in [0.1, 0.15) is 23.3 Å². The first-order chi connectivity index (χ1) is 12.2. The molecule has 0 saturated carbocycles. The van der Waals surface area contributed by atoms with Crippen LogP contribution in [0.25, 0.3) is 10.6 Å². The number of nitrogens with zero attached hydrogens (tertiary/aromatic N) is 2. The van der Waals surface area contributed by atoms with E-state index in [0.717, 1.165) is 29.2 Å². The Hall–Kier alpha value is -2.51. The molecule has 1 aliphatic rings. The van der Waals surface area contributed by atoms with Crippen LogP contribution in [0.5, 0.6) is 5.75 Å². The maximum Gasteiger partial charge on any atom is 0.363 e. The molecule has 4 rings (SSSR count). The van der Waals surface area contributed by atoms with Gasteiger partial charge in [-0.25, -0.2) is 9.78 Å². The van der Waals surface area contributed by atoms with Crippen molar-refractivity contribution in [3.8, 4) is 16.3 Å². The molecule has 0 atom stereocenters. The molecule has 7 heteroatoms. The summed E-state index contributed by atoms with van der Waals surface area (Å²) >= 11 is 3.01. The van der Waals surface area contributed by atoms with Gasteiger partial charge in [-0.2, -0.15) is 11.3 Å². The molecule has 1 aliphatic heterocycles. The number of rotatable bonds is 4. The second kappa shape index (κ2) is 6.78. The summed E-state index contributed by atoms with van der Waals surface area (Å²) in [5.74, 6) is 0.0846. The average Bonchev–Trinajstić information content (AvgIpc) is 3.36. The molecule has 0 unspecified atom stereocenters. The minimum Gasteiger partial charge on any atom is -0.422 e. The summed E-state index contributed by atoms with van der Waals surface area (Å²) in [5.41, 5.74) is 2.13. The van der Waals surface area contributed by atoms with E-state index in [1.807, 2.05) is 16.8 Å². The van der Waals surface area contributed by atoms with Crippen LogP contribution in [0.4, 0.5) is 5.69 Å². The minimum absolute atomic E-state index is 0.133. The van der Waals surface area contributed by atoms with E-state index >= 15 is 0 Å². The Morgan fingerprint density at radius 3 is 2.68 bits per heavy atom. The van der Waals surface area contributed by atoms with Crippen LogP contribution in [0.2, 0.25) is 0 Å². The van der Waals surface area contributed by atoms with Gasteiger partial charge >= 0.3 is 5.97 Å². The van der Waals surface area contributed by atoms with Gasteiger partial charge in [-0.1, -0.05) is 0 Å². The van der Waals surface area contributed by atoms with Crippen molar-refractivity contribution in [3.05, 3.63) is 52.2 Å². The van der Waals surface area contributed by atoms with Crippen molar-refractivity contribution in [2.75, 3.05) is 11.4 Å². The van der Waals surface area contributed by atoms with Crippen molar-refractivity contribution in [1.29, 1.82) is 0 Å². The quantitative estimate of drug-likeness (QED) is 0.510. The van der Waals surface area contributed by atoms with Gasteiger partial charge in [0.1, 0.15) is 10.8 Å². The van der Waals surface area contributed by atoms with E-state index in [-0.39, 0.29) is 5.91 Å². The number of benzene rings is 1. The van der Waals surface area contributed by atoms with Gasteiger partial charge in [0, 0.05) is 35.0 Å². The number of amides is 1. The smallest absolute Gasteiger partial charge is 0.363 e. The van der Waals surface area contributed by atoms with E-state index in [0.29, 0.717) is 17.9 Å². The first-order valence-electron chi connectivity index (χ1n) is 7.81. The minimum atomic E-state index is -0.484. The van der Waals surface area contributed by atoms with Gasteiger partial charge in [-0.15, -0.1) is 11.3 Å². The van der Waals surface area contributed by atoms with Gasteiger partial charge < -0.3 is 9.64 Å². The molecule has 3 heterocycles. The summed E-state index contributed by atoms with van der Waals surface area (Å²) < 4.78 is 5.38. The van der Waals surface area contributed by atoms with E-state index in [9.17, 15) is 9.59 Å². The van der Waals surface area contributed by atoms with Gasteiger partial charge in [0.05, 0.1) is 0 Å². The van der Waals surface area contributed by atoms with Crippen LogP contribution in [0.15, 0.2) is 46.5 Å². The van der Waals surface area contributed by atoms with Crippen molar-refractivity contribution < 1.29 is 14.3 Å². The van der Waals surface area contributed by atoms with Gasteiger partial charge in [0.25, 0.3) is 0 Å². The maximum absolute atomic E-state index is 12.3. The fourth-order valence-electron chi connectivity index (χ4n) is 2.66. The van der Waals surface area contributed by atoms with Gasteiger partial charge in [-0.3, -0.25) is 4.79 Å². The molecule has 0 bridgehead atoms. The molecule has 25 heavy (non-hydrogen) atoms. The van der Waals surface area contributed by atoms with Gasteiger partial charge in [0.2, 0.25) is 5.91 Å². The Kier molecular flexibility index (Phi) is 4.33. The van der Waals surface area contributed by atoms with Crippen LogP contribution >= 0.6 is 22.7 Å². The molecule has 2 aromatic heterocycles. The van der Waals surface area contributed by atoms with E-state index in [1.54, 1.807) is 45.9 Å². The topological polar surface area (TPSA) is 59.5 Å². The predicted molar refractivity (Wildman–Crippen MR) is 98.4 cm³/mol. The third-order valence-corrected chi connectivity index (χ3v) is 5.49. The molecule has 1 aromatic carbocycles. The van der Waals surface area contributed by atoms with Crippen LogP contribution < -0.4 is 9.64 Å². The summed E-state index contributed by atoms with van der Waals surface area (Å²) in [7, 11) is 0. The molecule has 1 saturated heterocycles. The first-order valence-corrected chi connectivity index (χ1v) is 9.64. The predicted octanol–water partition coefficient (Wildman–Crippen LogP) is 4.22. The maximum atomic E-state index is 12.3. The second-order valence-corrected chi connectivity index (χ2v) is 7.22. The first kappa shape index (κ1) is 16.0. The Morgan fingerprint density at radius 2 is 2.00 bits per heavy atom. The lowest BCUT2D eigenvalue weighted by molar-refractivity contribution is -0.117. The molecule has 3 aromatic rings. The summed E-state index contributed by atoms with van der Waals surface area (Å²) in [4.78, 5) is 30.1. The second-order valence-electron chi connectivity index (χ2n) is 5.58. The SMILES string of the molecule is O=C(Oc1ccc(N2CCCC2=O)cc1)c1csc(-c2ccsc2)n1. The lowest BCUT2D eigenvalue weighted by Gasteiger charge is -2.15. The highest BCUT2D eigenvalue weighted by Crippen LogP contribution is 2.27. The number of hydrogen-bond donors (Lipinski definition) is 0. The molecule has 126 valence electrons. The molecule has 0 N–H and O–H groups in total. The summed E-state index contributed by atoms with van der Waals surface area (Å²) in [6.45, 7) is 0.738. The number of carbonyl (C=O) groups is 2. The molecule has 0 aliphatic carbocycles. The lowest BCUT2D eigenvalue weighted by Crippen LogP contribution is -2.23. The molecule has 0 spiro atoms. The molecular weight excluding hydrogens is 356 g/mol. The van der Waals surface area contributed by atoms with E-state index in [4.69, 9.17) is 4.74 Å². The Labute approximate surface area is 152 Å². The van der Waals surface area contributed by atoms with Crippen molar-refractivity contribution in [2.45, 2.75) is 12.8 Å². The zero-order valence-corrected chi connectivity index (χ0v) is 14.8. The molecule has 1 amide bonds. The highest BCUT2D eigenvalue weighted by molar-refractivity contribution is 7.14. The summed E-state index contributed by atoms with van der Waals surface area (Å²) in [5, 5.41) is 6.47. The number of ether oxygens (including phenoxy) is 1. The Bertz CT molecular complexity index is 901. The van der Waals surface area contributed by atoms with Crippen LogP contribution in [0.3, 0.4) is 0 Å². The zero-order chi connectivity index (χ0) is 17.2. The largest absolute Gasteiger partial charge is 0.422 e. The Balaban J connectivity index is 1.45. The van der Waals surface area contributed by atoms with E-state index < -0.39 is 5.97 Å². The van der Waals surface area contributed by atoms with Crippen LogP contribution in [0, 0.1) is 0 Å². The lowest BCUT2D eigenvalue weighted by atomic mass is 10.3. The average molecular weight is 370 g/mol. The van der Waals surface area contributed by atoms with Crippen molar-refractivity contribution in [1.82, 2.24) is 4.98 Å². The Morgan fingerprint density at radius 1 is 1.16 bits per heavy atom. The monoisotopic (exact) mass is 370 g/mol. The third kappa shape index (κ3) is 3.33. The number of carbonyl (C=O) groups excluding carboxylic acids is 2. The number of thiazole rings is 1. The number of aromatic nitrogens is 1. The zero-order valence-electron chi connectivity index (χ0n) is 13.2. The highest BCUT2D eigenvalue weighted by atomic mass is 32.1. The summed E-state index contributed by atoms with van der Waals surface area (Å²) in [6, 6.07) is 8.96. The number of hydrogen-bond acceptors (Lipinski definition) is 6. The molecule has 1 fully saturated rings. The van der Waals surface area contributed by atoms with Crippen molar-refractivity contribution >= 4 is 40.2 Å². The number of esters is 1. The van der Waals surface area contributed by atoms with Crippen molar-refractivity contribution in [3.63, 3.8) is 0 Å². The normalized spacial score (nSPS) is 14.1. The standard InChI is InChI=1S/C18H14N2O3S2/c21-16-2-1-8-20(16)13-3-5-14(6-4-13)23-18(22)15-11-25-17(19-15)12-7-9-24-10-12/h3-7,9-11H,1-2,8H2. The molecule has 0 radical (unpaired) electrons. The van der Waals surface area contributed by atoms with Crippen LogP contribution in [-0.4, -0.2) is 23.4 Å². The fraction of sp³-hybridized carbons (Fsp3) is 0.167. The van der Waals surface area contributed by atoms with Gasteiger partial charge in [0.15, 0.2) is 5.69 Å². The van der Waals surface area contributed by atoms with Crippen LogP contribution in [-0.2, 0) is 4.79 Å². The molecular formula is C18H14N2O3S2. The summed E-state index contributed by atoms with van der Waals surface area (Å²) in [6.07, 6.45) is 1.47. The number of anilines is 1. The molecule has 5 nitrogen and oxygen atoms in total. The van der Waals surface area contributed by atoms with E-state index in [1.165, 1.54) is 11.3 Å². The highest BCUT2D eigenvalue weighted by Gasteiger charge is 2.21.